The minimum Gasteiger partial charge on any atom is -0.373 e. The number of rotatable bonds is 5. The highest BCUT2D eigenvalue weighted by Crippen LogP contribution is 2.23. The molecule has 0 aromatic heterocycles. The van der Waals surface area contributed by atoms with Gasteiger partial charge in [0.1, 0.15) is 0 Å². The molecule has 0 aliphatic carbocycles. The van der Waals surface area contributed by atoms with Crippen molar-refractivity contribution in [3.05, 3.63) is 0 Å². The molecule has 1 saturated heterocycles. The molecule has 0 saturated carbocycles. The van der Waals surface area contributed by atoms with Crippen LogP contribution in [0.4, 0.5) is 0 Å². The van der Waals surface area contributed by atoms with Crippen LogP contribution in [0.1, 0.15) is 34.1 Å². The van der Waals surface area contributed by atoms with E-state index in [0.717, 1.165) is 19.6 Å². The largest absolute Gasteiger partial charge is 0.373 e. The van der Waals surface area contributed by atoms with E-state index in [2.05, 4.69) is 37.9 Å². The maximum absolute atomic E-state index is 5.77. The summed E-state index contributed by atoms with van der Waals surface area (Å²) in [6.07, 6.45) is 1.97. The van der Waals surface area contributed by atoms with Crippen LogP contribution in [0.15, 0.2) is 0 Å². The molecular formula is C13H28N2O. The van der Waals surface area contributed by atoms with E-state index >= 15 is 0 Å². The quantitative estimate of drug-likeness (QED) is 0.775. The van der Waals surface area contributed by atoms with Gasteiger partial charge in [-0.05, 0) is 32.7 Å². The summed E-state index contributed by atoms with van der Waals surface area (Å²) in [6.45, 7) is 13.4. The molecule has 1 N–H and O–H groups in total. The number of ether oxygens (including phenoxy) is 1. The van der Waals surface area contributed by atoms with Gasteiger partial charge in [-0.2, -0.15) is 0 Å². The second-order valence-electron chi connectivity index (χ2n) is 5.65. The second kappa shape index (κ2) is 5.99. The van der Waals surface area contributed by atoms with E-state index in [0.29, 0.717) is 17.6 Å². The van der Waals surface area contributed by atoms with Crippen molar-refractivity contribution >= 4 is 0 Å². The summed E-state index contributed by atoms with van der Waals surface area (Å²) in [5.41, 5.74) is 0.380. The Morgan fingerprint density at radius 3 is 2.31 bits per heavy atom. The van der Waals surface area contributed by atoms with E-state index in [1.54, 1.807) is 0 Å². The van der Waals surface area contributed by atoms with Crippen molar-refractivity contribution in [1.29, 1.82) is 0 Å². The molecule has 0 aromatic carbocycles. The first-order valence-corrected chi connectivity index (χ1v) is 6.51. The summed E-state index contributed by atoms with van der Waals surface area (Å²) < 4.78 is 5.77. The Hall–Kier alpha value is -0.120. The second-order valence-corrected chi connectivity index (χ2v) is 5.65. The summed E-state index contributed by atoms with van der Waals surface area (Å²) in [7, 11) is 2.04. The molecule has 0 aromatic rings. The van der Waals surface area contributed by atoms with Gasteiger partial charge in [-0.1, -0.05) is 13.8 Å². The monoisotopic (exact) mass is 228 g/mol. The van der Waals surface area contributed by atoms with Gasteiger partial charge in [-0.15, -0.1) is 0 Å². The molecule has 1 rings (SSSR count). The predicted octanol–water partition coefficient (Wildman–Crippen LogP) is 1.73. The number of morpholine rings is 1. The maximum Gasteiger partial charge on any atom is 0.0678 e. The number of nitrogens with zero attached hydrogens (tertiary/aromatic N) is 1. The molecule has 0 bridgehead atoms. The van der Waals surface area contributed by atoms with Crippen molar-refractivity contribution in [3.8, 4) is 0 Å². The zero-order valence-corrected chi connectivity index (χ0v) is 11.5. The fourth-order valence-electron chi connectivity index (χ4n) is 2.67. The highest BCUT2D eigenvalue weighted by molar-refractivity contribution is 4.82. The van der Waals surface area contributed by atoms with Crippen LogP contribution in [0.25, 0.3) is 0 Å². The number of hydrogen-bond donors (Lipinski definition) is 1. The normalized spacial score (nSPS) is 31.3. The van der Waals surface area contributed by atoms with Crippen LogP contribution >= 0.6 is 0 Å². The van der Waals surface area contributed by atoms with Crippen LogP contribution in [-0.4, -0.2) is 50.3 Å². The third-order valence-electron chi connectivity index (χ3n) is 3.56. The molecule has 16 heavy (non-hydrogen) atoms. The molecule has 0 radical (unpaired) electrons. The van der Waals surface area contributed by atoms with Crippen LogP contribution in [0.3, 0.4) is 0 Å². The first kappa shape index (κ1) is 13.9. The molecule has 0 spiro atoms. The molecule has 3 atom stereocenters. The van der Waals surface area contributed by atoms with Crippen molar-refractivity contribution in [2.75, 3.05) is 33.2 Å². The van der Waals surface area contributed by atoms with Crippen molar-refractivity contribution in [2.24, 2.45) is 5.41 Å². The Kier molecular flexibility index (Phi) is 5.22. The third kappa shape index (κ3) is 4.04. The van der Waals surface area contributed by atoms with Crippen LogP contribution in [0, 0.1) is 5.41 Å². The summed E-state index contributed by atoms with van der Waals surface area (Å²) in [4.78, 5) is 2.56. The van der Waals surface area contributed by atoms with Crippen molar-refractivity contribution < 1.29 is 4.74 Å². The molecule has 1 aliphatic rings. The summed E-state index contributed by atoms with van der Waals surface area (Å²) in [5, 5.41) is 3.31. The fraction of sp³-hybridized carbons (Fsp3) is 1.00. The zero-order valence-electron chi connectivity index (χ0n) is 11.5. The van der Waals surface area contributed by atoms with Crippen molar-refractivity contribution in [3.63, 3.8) is 0 Å². The average molecular weight is 228 g/mol. The summed E-state index contributed by atoms with van der Waals surface area (Å²) >= 11 is 0. The molecular weight excluding hydrogens is 200 g/mol. The fourth-order valence-corrected chi connectivity index (χ4v) is 2.67. The SMILES string of the molecule is CCC(C)(CNC)CN1C[C@@H](C)O[C@@H](C)C1. The first-order valence-electron chi connectivity index (χ1n) is 6.51. The van der Waals surface area contributed by atoms with Gasteiger partial charge in [0.2, 0.25) is 0 Å². The highest BCUT2D eigenvalue weighted by atomic mass is 16.5. The van der Waals surface area contributed by atoms with E-state index in [1.165, 1.54) is 13.0 Å². The molecule has 1 unspecified atom stereocenters. The maximum atomic E-state index is 5.77. The van der Waals surface area contributed by atoms with Crippen molar-refractivity contribution in [2.45, 2.75) is 46.3 Å². The lowest BCUT2D eigenvalue weighted by Gasteiger charge is -2.40. The summed E-state index contributed by atoms with van der Waals surface area (Å²) in [5.74, 6) is 0. The highest BCUT2D eigenvalue weighted by Gasteiger charge is 2.29. The average Bonchev–Trinajstić information content (AvgIpc) is 2.16. The molecule has 1 aliphatic heterocycles. The summed E-state index contributed by atoms with van der Waals surface area (Å²) in [6, 6.07) is 0. The van der Waals surface area contributed by atoms with E-state index in [9.17, 15) is 0 Å². The van der Waals surface area contributed by atoms with E-state index in [1.807, 2.05) is 7.05 Å². The lowest BCUT2D eigenvalue weighted by Crippen LogP contribution is -2.50. The van der Waals surface area contributed by atoms with Gasteiger partial charge in [0.25, 0.3) is 0 Å². The van der Waals surface area contributed by atoms with Crippen LogP contribution in [0.2, 0.25) is 0 Å². The minimum absolute atomic E-state index is 0.374. The number of hydrogen-bond acceptors (Lipinski definition) is 3. The molecule has 3 nitrogen and oxygen atoms in total. The topological polar surface area (TPSA) is 24.5 Å². The Bertz CT molecular complexity index is 200. The van der Waals surface area contributed by atoms with Crippen LogP contribution in [0.5, 0.6) is 0 Å². The van der Waals surface area contributed by atoms with Gasteiger partial charge < -0.3 is 10.1 Å². The Morgan fingerprint density at radius 1 is 1.31 bits per heavy atom. The number of nitrogens with one attached hydrogen (secondary N) is 1. The van der Waals surface area contributed by atoms with Gasteiger partial charge >= 0.3 is 0 Å². The van der Waals surface area contributed by atoms with E-state index in [-0.39, 0.29) is 0 Å². The van der Waals surface area contributed by atoms with E-state index in [4.69, 9.17) is 4.74 Å². The minimum atomic E-state index is 0.374. The van der Waals surface area contributed by atoms with Gasteiger partial charge in [0.05, 0.1) is 12.2 Å². The lowest BCUT2D eigenvalue weighted by molar-refractivity contribution is -0.0767. The van der Waals surface area contributed by atoms with Gasteiger partial charge in [0.15, 0.2) is 0 Å². The van der Waals surface area contributed by atoms with Crippen LogP contribution < -0.4 is 5.32 Å². The molecule has 3 heteroatoms. The molecule has 0 amide bonds. The van der Waals surface area contributed by atoms with Gasteiger partial charge in [0, 0.05) is 26.2 Å². The first-order chi connectivity index (χ1) is 7.49. The van der Waals surface area contributed by atoms with E-state index < -0.39 is 0 Å². The Labute approximate surface area is 101 Å². The Balaban J connectivity index is 2.50. The molecule has 1 fully saturated rings. The predicted molar refractivity (Wildman–Crippen MR) is 68.8 cm³/mol. The van der Waals surface area contributed by atoms with Gasteiger partial charge in [-0.25, -0.2) is 0 Å². The molecule has 96 valence electrons. The molecule has 1 heterocycles. The zero-order chi connectivity index (χ0) is 12.2. The van der Waals surface area contributed by atoms with Crippen molar-refractivity contribution in [1.82, 2.24) is 10.2 Å². The third-order valence-corrected chi connectivity index (χ3v) is 3.56. The van der Waals surface area contributed by atoms with Gasteiger partial charge in [-0.3, -0.25) is 4.90 Å². The standard InChI is InChI=1S/C13H28N2O/c1-6-13(4,9-14-5)10-15-7-11(2)16-12(3)8-15/h11-12,14H,6-10H2,1-5H3/t11-,12+,13?. The van der Waals surface area contributed by atoms with Crippen LogP contribution in [-0.2, 0) is 4.74 Å². The smallest absolute Gasteiger partial charge is 0.0678 e. The lowest BCUT2D eigenvalue weighted by atomic mass is 9.86. The Morgan fingerprint density at radius 2 is 1.88 bits per heavy atom.